The molecule has 1 aromatic carbocycles. The first-order valence-corrected chi connectivity index (χ1v) is 6.82. The van der Waals surface area contributed by atoms with E-state index >= 15 is 0 Å². The highest BCUT2D eigenvalue weighted by molar-refractivity contribution is 5.94. The van der Waals surface area contributed by atoms with Crippen LogP contribution in [0.4, 0.5) is 0 Å². The fourth-order valence-electron chi connectivity index (χ4n) is 2.44. The highest BCUT2D eigenvalue weighted by Crippen LogP contribution is 2.31. The molecule has 1 atom stereocenters. The minimum Gasteiger partial charge on any atom is -0.369 e. The summed E-state index contributed by atoms with van der Waals surface area (Å²) in [5, 5.41) is 0. The Labute approximate surface area is 118 Å². The van der Waals surface area contributed by atoms with Crippen LogP contribution in [-0.4, -0.2) is 29.8 Å². The lowest BCUT2D eigenvalue weighted by Crippen LogP contribution is -2.49. The summed E-state index contributed by atoms with van der Waals surface area (Å²) in [7, 11) is 1.77. The van der Waals surface area contributed by atoms with E-state index in [1.807, 2.05) is 19.1 Å². The molecule has 1 saturated carbocycles. The molecule has 1 fully saturated rings. The van der Waals surface area contributed by atoms with Crippen LogP contribution in [0.3, 0.4) is 0 Å². The largest absolute Gasteiger partial charge is 0.369 e. The molecular formula is C15H21N3O2. The first kappa shape index (κ1) is 14.5. The lowest BCUT2D eigenvalue weighted by Gasteiger charge is -2.39. The Morgan fingerprint density at radius 2 is 1.80 bits per heavy atom. The molecule has 0 spiro atoms. The van der Waals surface area contributed by atoms with Gasteiger partial charge in [0.25, 0.3) is 5.91 Å². The average Bonchev–Trinajstić information content (AvgIpc) is 2.35. The number of hydrogen-bond donors (Lipinski definition) is 2. The van der Waals surface area contributed by atoms with Crippen molar-refractivity contribution in [3.8, 4) is 0 Å². The fraction of sp³-hybridized carbons (Fsp3) is 0.467. The van der Waals surface area contributed by atoms with E-state index in [0.29, 0.717) is 18.4 Å². The number of primary amides is 1. The SMILES string of the molecule is CC(N)c1ccc(C(=O)N(C)C2CC(C(N)=O)C2)cc1. The van der Waals surface area contributed by atoms with Gasteiger partial charge in [-0.2, -0.15) is 0 Å². The monoisotopic (exact) mass is 275 g/mol. The van der Waals surface area contributed by atoms with E-state index < -0.39 is 0 Å². The Balaban J connectivity index is 1.99. The molecule has 0 aromatic heterocycles. The maximum absolute atomic E-state index is 12.3. The third kappa shape index (κ3) is 2.82. The van der Waals surface area contributed by atoms with E-state index in [0.717, 1.165) is 5.56 Å². The van der Waals surface area contributed by atoms with Crippen LogP contribution in [0.25, 0.3) is 0 Å². The molecule has 5 nitrogen and oxygen atoms in total. The molecule has 1 aliphatic carbocycles. The van der Waals surface area contributed by atoms with Crippen LogP contribution < -0.4 is 11.5 Å². The Kier molecular flexibility index (Phi) is 4.09. The average molecular weight is 275 g/mol. The van der Waals surface area contributed by atoms with Crippen molar-refractivity contribution in [3.05, 3.63) is 35.4 Å². The summed E-state index contributed by atoms with van der Waals surface area (Å²) in [5.74, 6) is -0.395. The maximum Gasteiger partial charge on any atom is 0.253 e. The lowest BCUT2D eigenvalue weighted by molar-refractivity contribution is -0.125. The standard InChI is InChI=1S/C15H21N3O2/c1-9(16)10-3-5-11(6-4-10)15(20)18(2)13-7-12(8-13)14(17)19/h3-6,9,12-13H,7-8,16H2,1-2H3,(H2,17,19). The van der Waals surface area contributed by atoms with E-state index in [-0.39, 0.29) is 29.8 Å². The highest BCUT2D eigenvalue weighted by Gasteiger charge is 2.37. The minimum atomic E-state index is -0.275. The zero-order chi connectivity index (χ0) is 14.9. The smallest absolute Gasteiger partial charge is 0.253 e. The maximum atomic E-state index is 12.3. The third-order valence-corrected chi connectivity index (χ3v) is 4.07. The van der Waals surface area contributed by atoms with Crippen molar-refractivity contribution in [2.24, 2.45) is 17.4 Å². The minimum absolute atomic E-state index is 0.0332. The summed E-state index contributed by atoms with van der Waals surface area (Å²) in [6.07, 6.45) is 1.32. The first-order valence-electron chi connectivity index (χ1n) is 6.82. The van der Waals surface area contributed by atoms with Gasteiger partial charge in [0, 0.05) is 30.6 Å². The van der Waals surface area contributed by atoms with Gasteiger partial charge in [-0.25, -0.2) is 0 Å². The predicted octanol–water partition coefficient (Wildman–Crippen LogP) is 1.04. The molecule has 0 radical (unpaired) electrons. The molecule has 2 rings (SSSR count). The van der Waals surface area contributed by atoms with E-state index in [2.05, 4.69) is 0 Å². The van der Waals surface area contributed by atoms with Gasteiger partial charge in [-0.15, -0.1) is 0 Å². The Morgan fingerprint density at radius 1 is 1.25 bits per heavy atom. The van der Waals surface area contributed by atoms with E-state index in [9.17, 15) is 9.59 Å². The van der Waals surface area contributed by atoms with Crippen LogP contribution >= 0.6 is 0 Å². The summed E-state index contributed by atoms with van der Waals surface area (Å²) in [4.78, 5) is 25.0. The summed E-state index contributed by atoms with van der Waals surface area (Å²) in [6.45, 7) is 1.90. The summed E-state index contributed by atoms with van der Waals surface area (Å²) in [6, 6.07) is 7.40. The molecule has 1 unspecified atom stereocenters. The number of hydrogen-bond acceptors (Lipinski definition) is 3. The van der Waals surface area contributed by atoms with Gasteiger partial charge >= 0.3 is 0 Å². The molecule has 0 aliphatic heterocycles. The van der Waals surface area contributed by atoms with Crippen molar-refractivity contribution >= 4 is 11.8 Å². The van der Waals surface area contributed by atoms with E-state index in [4.69, 9.17) is 11.5 Å². The molecule has 2 amide bonds. The second kappa shape index (κ2) is 5.63. The van der Waals surface area contributed by atoms with Gasteiger partial charge in [0.1, 0.15) is 0 Å². The van der Waals surface area contributed by atoms with Crippen LogP contribution in [0.5, 0.6) is 0 Å². The third-order valence-electron chi connectivity index (χ3n) is 4.07. The molecule has 1 aromatic rings. The molecule has 4 N–H and O–H groups in total. The number of nitrogens with zero attached hydrogens (tertiary/aromatic N) is 1. The second-order valence-electron chi connectivity index (χ2n) is 5.55. The summed E-state index contributed by atoms with van der Waals surface area (Å²) >= 11 is 0. The van der Waals surface area contributed by atoms with Gasteiger partial charge in [-0.3, -0.25) is 9.59 Å². The molecule has 1 aliphatic rings. The van der Waals surface area contributed by atoms with Gasteiger partial charge < -0.3 is 16.4 Å². The molecular weight excluding hydrogens is 254 g/mol. The van der Waals surface area contributed by atoms with Crippen LogP contribution in [0.15, 0.2) is 24.3 Å². The highest BCUT2D eigenvalue weighted by atomic mass is 16.2. The number of nitrogens with two attached hydrogens (primary N) is 2. The van der Waals surface area contributed by atoms with E-state index in [1.165, 1.54) is 0 Å². The zero-order valence-corrected chi connectivity index (χ0v) is 11.9. The van der Waals surface area contributed by atoms with Crippen LogP contribution in [0.1, 0.15) is 41.7 Å². The quantitative estimate of drug-likeness (QED) is 0.860. The molecule has 108 valence electrons. The van der Waals surface area contributed by atoms with Gasteiger partial charge in [0.05, 0.1) is 0 Å². The van der Waals surface area contributed by atoms with Crippen LogP contribution in [0.2, 0.25) is 0 Å². The van der Waals surface area contributed by atoms with Crippen molar-refractivity contribution < 1.29 is 9.59 Å². The number of rotatable bonds is 4. The van der Waals surface area contributed by atoms with Crippen molar-refractivity contribution in [2.45, 2.75) is 31.8 Å². The van der Waals surface area contributed by atoms with Gasteiger partial charge in [-0.05, 0) is 37.5 Å². The van der Waals surface area contributed by atoms with Crippen LogP contribution in [-0.2, 0) is 4.79 Å². The topological polar surface area (TPSA) is 89.4 Å². The normalized spacial score (nSPS) is 22.8. The molecule has 5 heteroatoms. The second-order valence-corrected chi connectivity index (χ2v) is 5.55. The molecule has 0 bridgehead atoms. The van der Waals surface area contributed by atoms with Gasteiger partial charge in [-0.1, -0.05) is 12.1 Å². The zero-order valence-electron chi connectivity index (χ0n) is 11.9. The summed E-state index contributed by atoms with van der Waals surface area (Å²) in [5.41, 5.74) is 12.7. The van der Waals surface area contributed by atoms with Crippen molar-refractivity contribution in [3.63, 3.8) is 0 Å². The van der Waals surface area contributed by atoms with Gasteiger partial charge in [0.15, 0.2) is 0 Å². The Morgan fingerprint density at radius 3 is 2.25 bits per heavy atom. The number of carbonyl (C=O) groups excluding carboxylic acids is 2. The summed E-state index contributed by atoms with van der Waals surface area (Å²) < 4.78 is 0. The molecule has 0 saturated heterocycles. The molecule has 20 heavy (non-hydrogen) atoms. The van der Waals surface area contributed by atoms with Crippen molar-refractivity contribution in [1.82, 2.24) is 4.90 Å². The van der Waals surface area contributed by atoms with Crippen LogP contribution in [0, 0.1) is 5.92 Å². The first-order chi connectivity index (χ1) is 9.40. The lowest BCUT2D eigenvalue weighted by atomic mass is 9.79. The van der Waals surface area contributed by atoms with Crippen molar-refractivity contribution in [1.29, 1.82) is 0 Å². The molecule has 0 heterocycles. The Hall–Kier alpha value is -1.88. The number of benzene rings is 1. The van der Waals surface area contributed by atoms with Crippen molar-refractivity contribution in [2.75, 3.05) is 7.05 Å². The predicted molar refractivity (Wildman–Crippen MR) is 76.8 cm³/mol. The Bertz CT molecular complexity index is 504. The number of amides is 2. The van der Waals surface area contributed by atoms with E-state index in [1.54, 1.807) is 24.1 Å². The van der Waals surface area contributed by atoms with Gasteiger partial charge in [0.2, 0.25) is 5.91 Å². The fourth-order valence-corrected chi connectivity index (χ4v) is 2.44. The number of carbonyl (C=O) groups is 2.